The predicted octanol–water partition coefficient (Wildman–Crippen LogP) is 4.66. The topological polar surface area (TPSA) is 55.2 Å². The molecule has 1 saturated carbocycles. The van der Waals surface area contributed by atoms with E-state index in [1.165, 1.54) is 5.56 Å². The van der Waals surface area contributed by atoms with E-state index in [0.29, 0.717) is 23.1 Å². The average Bonchev–Trinajstić information content (AvgIpc) is 2.73. The van der Waals surface area contributed by atoms with Crippen LogP contribution in [0.25, 0.3) is 16.6 Å². The first kappa shape index (κ1) is 20.3. The summed E-state index contributed by atoms with van der Waals surface area (Å²) in [5.74, 6) is 0.887. The smallest absolute Gasteiger partial charge is 0.266 e. The van der Waals surface area contributed by atoms with Gasteiger partial charge < -0.3 is 4.90 Å². The molecular formula is C25H29N3O2. The van der Waals surface area contributed by atoms with Crippen molar-refractivity contribution in [3.05, 3.63) is 70.3 Å². The molecule has 0 saturated heterocycles. The Morgan fingerprint density at radius 3 is 2.43 bits per heavy atom. The Morgan fingerprint density at radius 1 is 1.13 bits per heavy atom. The van der Waals surface area contributed by atoms with Crippen molar-refractivity contribution in [3.63, 3.8) is 0 Å². The fourth-order valence-electron chi connectivity index (χ4n) is 4.23. The van der Waals surface area contributed by atoms with E-state index >= 15 is 0 Å². The highest BCUT2D eigenvalue weighted by Crippen LogP contribution is 2.32. The lowest BCUT2D eigenvalue weighted by atomic mass is 9.84. The molecular weight excluding hydrogens is 374 g/mol. The molecule has 0 bridgehead atoms. The van der Waals surface area contributed by atoms with Gasteiger partial charge in [-0.1, -0.05) is 44.5 Å². The van der Waals surface area contributed by atoms with E-state index in [9.17, 15) is 9.59 Å². The fourth-order valence-corrected chi connectivity index (χ4v) is 4.23. The lowest BCUT2D eigenvalue weighted by Crippen LogP contribution is -2.40. The van der Waals surface area contributed by atoms with Crippen LogP contribution >= 0.6 is 0 Å². The van der Waals surface area contributed by atoms with Gasteiger partial charge in [0.15, 0.2) is 0 Å². The number of carbonyl (C=O) groups excluding carboxylic acids is 1. The van der Waals surface area contributed by atoms with Gasteiger partial charge in [-0.3, -0.25) is 14.2 Å². The van der Waals surface area contributed by atoms with Gasteiger partial charge >= 0.3 is 0 Å². The van der Waals surface area contributed by atoms with Crippen molar-refractivity contribution in [1.29, 1.82) is 0 Å². The fraction of sp³-hybridized carbons (Fsp3) is 0.400. The van der Waals surface area contributed by atoms with Crippen molar-refractivity contribution >= 4 is 16.8 Å². The van der Waals surface area contributed by atoms with Crippen molar-refractivity contribution in [2.75, 3.05) is 7.05 Å². The summed E-state index contributed by atoms with van der Waals surface area (Å²) in [7, 11) is 1.85. The molecule has 1 aromatic heterocycles. The number of fused-ring (bicyclic) bond motifs is 1. The zero-order chi connectivity index (χ0) is 21.3. The Morgan fingerprint density at radius 2 is 1.83 bits per heavy atom. The maximum Gasteiger partial charge on any atom is 0.266 e. The number of amides is 1. The van der Waals surface area contributed by atoms with Crippen LogP contribution in [0.1, 0.15) is 57.0 Å². The van der Waals surface area contributed by atoms with Gasteiger partial charge in [0.2, 0.25) is 5.91 Å². The minimum absolute atomic E-state index is 0.0946. The summed E-state index contributed by atoms with van der Waals surface area (Å²) in [5.41, 5.74) is 2.57. The average molecular weight is 404 g/mol. The van der Waals surface area contributed by atoms with Crippen LogP contribution in [0.2, 0.25) is 0 Å². The van der Waals surface area contributed by atoms with Gasteiger partial charge in [0.25, 0.3) is 5.56 Å². The van der Waals surface area contributed by atoms with E-state index in [-0.39, 0.29) is 23.4 Å². The standard InChI is InChI=1S/C25H29N3O2/c1-4-17-13-15-19(16-14-17)28-23(26-21-12-7-6-11-20(21)25(28)30)22(5-2)27(3)24(29)18-9-8-10-18/h6-7,11-16,18,22H,4-5,8-10H2,1-3H3. The maximum absolute atomic E-state index is 13.5. The SMILES string of the molecule is CCc1ccc(-n2c(C(CC)N(C)C(=O)C3CCC3)nc3ccccc3c2=O)cc1. The molecule has 156 valence electrons. The monoisotopic (exact) mass is 403 g/mol. The van der Waals surface area contributed by atoms with Crippen molar-refractivity contribution in [1.82, 2.24) is 14.5 Å². The minimum Gasteiger partial charge on any atom is -0.335 e. The maximum atomic E-state index is 13.5. The molecule has 1 aliphatic rings. The first-order valence-electron chi connectivity index (χ1n) is 10.9. The van der Waals surface area contributed by atoms with Gasteiger partial charge in [-0.05, 0) is 55.5 Å². The summed E-state index contributed by atoms with van der Waals surface area (Å²) in [4.78, 5) is 33.2. The van der Waals surface area contributed by atoms with Crippen LogP contribution in [-0.4, -0.2) is 27.4 Å². The number of aromatic nitrogens is 2. The molecule has 1 unspecified atom stereocenters. The third kappa shape index (κ3) is 3.53. The number of rotatable bonds is 6. The van der Waals surface area contributed by atoms with E-state index < -0.39 is 0 Å². The third-order valence-corrected chi connectivity index (χ3v) is 6.36. The summed E-state index contributed by atoms with van der Waals surface area (Å²) in [6.07, 6.45) is 4.65. The third-order valence-electron chi connectivity index (χ3n) is 6.36. The minimum atomic E-state index is -0.263. The molecule has 1 atom stereocenters. The van der Waals surface area contributed by atoms with Crippen molar-refractivity contribution in [2.45, 2.75) is 52.0 Å². The Kier molecular flexibility index (Phi) is 5.71. The molecule has 5 heteroatoms. The van der Waals surface area contributed by atoms with E-state index in [0.717, 1.165) is 31.4 Å². The van der Waals surface area contributed by atoms with Crippen LogP contribution in [0.15, 0.2) is 53.3 Å². The first-order chi connectivity index (χ1) is 14.5. The number of benzene rings is 2. The Bertz CT molecular complexity index is 1110. The van der Waals surface area contributed by atoms with Crippen LogP contribution < -0.4 is 5.56 Å². The highest BCUT2D eigenvalue weighted by molar-refractivity contribution is 5.80. The summed E-state index contributed by atoms with van der Waals surface area (Å²) in [5, 5.41) is 0.587. The molecule has 0 aliphatic heterocycles. The van der Waals surface area contributed by atoms with E-state index in [2.05, 4.69) is 6.92 Å². The zero-order valence-electron chi connectivity index (χ0n) is 18.0. The summed E-state index contributed by atoms with van der Waals surface area (Å²) in [6.45, 7) is 4.15. The van der Waals surface area contributed by atoms with Crippen molar-refractivity contribution in [3.8, 4) is 5.69 Å². The van der Waals surface area contributed by atoms with Gasteiger partial charge in [0.1, 0.15) is 5.82 Å². The molecule has 5 nitrogen and oxygen atoms in total. The second kappa shape index (κ2) is 8.42. The Hall–Kier alpha value is -2.95. The molecule has 1 amide bonds. The number of hydrogen-bond donors (Lipinski definition) is 0. The van der Waals surface area contributed by atoms with Gasteiger partial charge in [0, 0.05) is 13.0 Å². The van der Waals surface area contributed by atoms with Crippen LogP contribution in [0.3, 0.4) is 0 Å². The first-order valence-corrected chi connectivity index (χ1v) is 10.9. The summed E-state index contributed by atoms with van der Waals surface area (Å²) in [6, 6.07) is 15.2. The molecule has 1 heterocycles. The molecule has 0 N–H and O–H groups in total. The predicted molar refractivity (Wildman–Crippen MR) is 120 cm³/mol. The number of aryl methyl sites for hydroxylation is 1. The molecule has 30 heavy (non-hydrogen) atoms. The van der Waals surface area contributed by atoms with Gasteiger partial charge in [-0.2, -0.15) is 0 Å². The molecule has 3 aromatic rings. The molecule has 1 fully saturated rings. The van der Waals surface area contributed by atoms with Gasteiger partial charge in [0.05, 0.1) is 22.6 Å². The van der Waals surface area contributed by atoms with Crippen LogP contribution in [0.5, 0.6) is 0 Å². The molecule has 0 radical (unpaired) electrons. The van der Waals surface area contributed by atoms with Gasteiger partial charge in [-0.15, -0.1) is 0 Å². The van der Waals surface area contributed by atoms with Gasteiger partial charge in [-0.25, -0.2) is 4.98 Å². The van der Waals surface area contributed by atoms with Crippen molar-refractivity contribution in [2.24, 2.45) is 5.92 Å². The highest BCUT2D eigenvalue weighted by atomic mass is 16.2. The number of para-hydroxylation sites is 1. The molecule has 2 aromatic carbocycles. The Labute approximate surface area is 177 Å². The highest BCUT2D eigenvalue weighted by Gasteiger charge is 2.33. The summed E-state index contributed by atoms with van der Waals surface area (Å²) < 4.78 is 1.69. The van der Waals surface area contributed by atoms with Crippen LogP contribution in [0.4, 0.5) is 0 Å². The van der Waals surface area contributed by atoms with Crippen LogP contribution in [-0.2, 0) is 11.2 Å². The second-order valence-electron chi connectivity index (χ2n) is 8.15. The summed E-state index contributed by atoms with van der Waals surface area (Å²) >= 11 is 0. The quantitative estimate of drug-likeness (QED) is 0.602. The molecule has 1 aliphatic carbocycles. The largest absolute Gasteiger partial charge is 0.335 e. The molecule has 0 spiro atoms. The van der Waals surface area contributed by atoms with Crippen molar-refractivity contribution < 1.29 is 4.79 Å². The van der Waals surface area contributed by atoms with E-state index in [4.69, 9.17) is 4.98 Å². The normalized spacial score (nSPS) is 15.0. The number of carbonyl (C=O) groups is 1. The Balaban J connectivity index is 1.89. The lowest BCUT2D eigenvalue weighted by Gasteiger charge is -2.34. The van der Waals surface area contributed by atoms with Crippen LogP contribution in [0, 0.1) is 5.92 Å². The zero-order valence-corrected chi connectivity index (χ0v) is 18.0. The number of nitrogens with zero attached hydrogens (tertiary/aromatic N) is 3. The number of hydrogen-bond acceptors (Lipinski definition) is 3. The van der Waals surface area contributed by atoms with E-state index in [1.54, 1.807) is 9.47 Å². The lowest BCUT2D eigenvalue weighted by molar-refractivity contribution is -0.139. The van der Waals surface area contributed by atoms with E-state index in [1.807, 2.05) is 62.5 Å². The second-order valence-corrected chi connectivity index (χ2v) is 8.15. The molecule has 4 rings (SSSR count).